The molecule has 19 heavy (non-hydrogen) atoms. The fourth-order valence-corrected chi connectivity index (χ4v) is 2.59. The van der Waals surface area contributed by atoms with Crippen LogP contribution in [0.1, 0.15) is 50.2 Å². The Morgan fingerprint density at radius 3 is 2.84 bits per heavy atom. The van der Waals surface area contributed by atoms with Crippen molar-refractivity contribution in [2.45, 2.75) is 44.6 Å². The van der Waals surface area contributed by atoms with Crippen molar-refractivity contribution in [3.8, 4) is 5.75 Å². The first-order chi connectivity index (χ1) is 9.29. The lowest BCUT2D eigenvalue weighted by Crippen LogP contribution is -2.15. The Kier molecular flexibility index (Phi) is 5.61. The van der Waals surface area contributed by atoms with E-state index in [0.29, 0.717) is 18.9 Å². The van der Waals surface area contributed by atoms with Crippen molar-refractivity contribution in [1.29, 1.82) is 0 Å². The highest BCUT2D eigenvalue weighted by Gasteiger charge is 2.14. The fourth-order valence-electron chi connectivity index (χ4n) is 2.59. The molecule has 1 aliphatic carbocycles. The van der Waals surface area contributed by atoms with Crippen molar-refractivity contribution in [1.82, 2.24) is 4.98 Å². The first-order valence-electron chi connectivity index (χ1n) is 7.25. The molecule has 0 bridgehead atoms. The van der Waals surface area contributed by atoms with Gasteiger partial charge in [0.15, 0.2) is 0 Å². The van der Waals surface area contributed by atoms with Crippen LogP contribution < -0.4 is 10.5 Å². The summed E-state index contributed by atoms with van der Waals surface area (Å²) in [5, 5.41) is 9.89. The molecule has 1 unspecified atom stereocenters. The standard InChI is InChI=1S/C15H24N2O2/c16-7-6-15(18)13-8-14(10-17-9-13)19-11-12-4-2-1-3-5-12/h8-10,12,15,18H,1-7,11,16H2. The molecule has 1 aliphatic rings. The van der Waals surface area contributed by atoms with Crippen LogP contribution in [0.4, 0.5) is 0 Å². The van der Waals surface area contributed by atoms with Crippen LogP contribution in [-0.4, -0.2) is 23.2 Å². The van der Waals surface area contributed by atoms with E-state index in [-0.39, 0.29) is 0 Å². The summed E-state index contributed by atoms with van der Waals surface area (Å²) in [5.41, 5.74) is 6.23. The van der Waals surface area contributed by atoms with Crippen molar-refractivity contribution in [3.63, 3.8) is 0 Å². The average Bonchev–Trinajstić information content (AvgIpc) is 2.47. The Morgan fingerprint density at radius 2 is 2.11 bits per heavy atom. The maximum atomic E-state index is 9.89. The first-order valence-corrected chi connectivity index (χ1v) is 7.25. The van der Waals surface area contributed by atoms with Gasteiger partial charge in [-0.3, -0.25) is 4.98 Å². The predicted molar refractivity (Wildman–Crippen MR) is 74.9 cm³/mol. The minimum absolute atomic E-state index is 0.467. The van der Waals surface area contributed by atoms with Crippen LogP contribution in [0, 0.1) is 5.92 Å². The monoisotopic (exact) mass is 264 g/mol. The lowest BCUT2D eigenvalue weighted by molar-refractivity contribution is 0.168. The number of hydrogen-bond donors (Lipinski definition) is 2. The number of hydrogen-bond acceptors (Lipinski definition) is 4. The summed E-state index contributed by atoms with van der Waals surface area (Å²) in [6.07, 6.45) is 9.92. The molecule has 1 fully saturated rings. The molecule has 0 saturated heterocycles. The fraction of sp³-hybridized carbons (Fsp3) is 0.667. The van der Waals surface area contributed by atoms with E-state index in [1.54, 1.807) is 12.4 Å². The number of pyridine rings is 1. The van der Waals surface area contributed by atoms with Gasteiger partial charge in [0, 0.05) is 11.8 Å². The van der Waals surface area contributed by atoms with E-state index in [1.807, 2.05) is 6.07 Å². The van der Waals surface area contributed by atoms with Crippen LogP contribution in [0.25, 0.3) is 0 Å². The molecular formula is C15H24N2O2. The molecule has 0 radical (unpaired) electrons. The van der Waals surface area contributed by atoms with Gasteiger partial charge in [-0.2, -0.15) is 0 Å². The van der Waals surface area contributed by atoms with E-state index in [9.17, 15) is 5.11 Å². The molecule has 4 heteroatoms. The average molecular weight is 264 g/mol. The molecule has 1 atom stereocenters. The van der Waals surface area contributed by atoms with Gasteiger partial charge in [-0.05, 0) is 37.8 Å². The highest BCUT2D eigenvalue weighted by molar-refractivity contribution is 5.25. The summed E-state index contributed by atoms with van der Waals surface area (Å²) in [4.78, 5) is 4.13. The second kappa shape index (κ2) is 7.46. The molecule has 1 heterocycles. The summed E-state index contributed by atoms with van der Waals surface area (Å²) in [6.45, 7) is 1.23. The SMILES string of the molecule is NCCC(O)c1cncc(OCC2CCCCC2)c1. The Hall–Kier alpha value is -1.13. The summed E-state index contributed by atoms with van der Waals surface area (Å²) >= 11 is 0. The second-order valence-electron chi connectivity index (χ2n) is 5.36. The Bertz CT molecular complexity index is 378. The first kappa shape index (κ1) is 14.3. The van der Waals surface area contributed by atoms with E-state index >= 15 is 0 Å². The van der Waals surface area contributed by atoms with Crippen LogP contribution in [0.2, 0.25) is 0 Å². The Balaban J connectivity index is 1.87. The van der Waals surface area contributed by atoms with Crippen LogP contribution in [0.5, 0.6) is 5.75 Å². The topological polar surface area (TPSA) is 68.4 Å². The quantitative estimate of drug-likeness (QED) is 0.828. The lowest BCUT2D eigenvalue weighted by atomic mass is 9.90. The number of aromatic nitrogens is 1. The molecule has 4 nitrogen and oxygen atoms in total. The van der Waals surface area contributed by atoms with E-state index in [4.69, 9.17) is 10.5 Å². The number of nitrogens with zero attached hydrogens (tertiary/aromatic N) is 1. The second-order valence-corrected chi connectivity index (χ2v) is 5.36. The van der Waals surface area contributed by atoms with Gasteiger partial charge >= 0.3 is 0 Å². The van der Waals surface area contributed by atoms with Gasteiger partial charge in [-0.15, -0.1) is 0 Å². The zero-order valence-electron chi connectivity index (χ0n) is 11.4. The molecule has 1 saturated carbocycles. The summed E-state index contributed by atoms with van der Waals surface area (Å²) < 4.78 is 5.81. The highest BCUT2D eigenvalue weighted by atomic mass is 16.5. The largest absolute Gasteiger partial charge is 0.492 e. The normalized spacial score (nSPS) is 18.2. The molecular weight excluding hydrogens is 240 g/mol. The van der Waals surface area contributed by atoms with Gasteiger partial charge in [0.1, 0.15) is 5.75 Å². The third-order valence-corrected chi connectivity index (χ3v) is 3.77. The molecule has 0 aromatic carbocycles. The molecule has 0 amide bonds. The van der Waals surface area contributed by atoms with Crippen LogP contribution in [0.3, 0.4) is 0 Å². The van der Waals surface area contributed by atoms with E-state index in [1.165, 1.54) is 32.1 Å². The molecule has 1 aromatic heterocycles. The maximum absolute atomic E-state index is 9.89. The number of aliphatic hydroxyl groups is 1. The van der Waals surface area contributed by atoms with Crippen LogP contribution in [0.15, 0.2) is 18.5 Å². The van der Waals surface area contributed by atoms with Gasteiger partial charge in [-0.1, -0.05) is 19.3 Å². The molecule has 0 spiro atoms. The lowest BCUT2D eigenvalue weighted by Gasteiger charge is -2.21. The minimum atomic E-state index is -0.546. The Labute approximate surface area is 115 Å². The van der Waals surface area contributed by atoms with Crippen LogP contribution in [-0.2, 0) is 0 Å². The van der Waals surface area contributed by atoms with E-state index < -0.39 is 6.10 Å². The van der Waals surface area contributed by atoms with Crippen LogP contribution >= 0.6 is 0 Å². The van der Waals surface area contributed by atoms with E-state index in [2.05, 4.69) is 4.98 Å². The number of ether oxygens (including phenoxy) is 1. The minimum Gasteiger partial charge on any atom is -0.492 e. The summed E-state index contributed by atoms with van der Waals surface area (Å²) in [5.74, 6) is 1.42. The van der Waals surface area contributed by atoms with Crippen molar-refractivity contribution in [2.75, 3.05) is 13.2 Å². The van der Waals surface area contributed by atoms with Crippen molar-refractivity contribution in [3.05, 3.63) is 24.0 Å². The predicted octanol–water partition coefficient (Wildman–Crippen LogP) is 2.42. The van der Waals surface area contributed by atoms with E-state index in [0.717, 1.165) is 17.9 Å². The molecule has 1 aromatic rings. The molecule has 0 aliphatic heterocycles. The van der Waals surface area contributed by atoms with Crippen molar-refractivity contribution >= 4 is 0 Å². The number of nitrogens with two attached hydrogens (primary N) is 1. The van der Waals surface area contributed by atoms with Gasteiger partial charge < -0.3 is 15.6 Å². The maximum Gasteiger partial charge on any atom is 0.137 e. The molecule has 2 rings (SSSR count). The van der Waals surface area contributed by atoms with Gasteiger partial charge in [0.05, 0.1) is 18.9 Å². The van der Waals surface area contributed by atoms with Gasteiger partial charge in [0.2, 0.25) is 0 Å². The third kappa shape index (κ3) is 4.48. The zero-order chi connectivity index (χ0) is 13.5. The molecule has 3 N–H and O–H groups in total. The number of aliphatic hydroxyl groups excluding tert-OH is 1. The Morgan fingerprint density at radius 1 is 1.32 bits per heavy atom. The summed E-state index contributed by atoms with van der Waals surface area (Å²) in [6, 6.07) is 1.87. The van der Waals surface area contributed by atoms with Gasteiger partial charge in [0.25, 0.3) is 0 Å². The summed E-state index contributed by atoms with van der Waals surface area (Å²) in [7, 11) is 0. The zero-order valence-corrected chi connectivity index (χ0v) is 11.4. The third-order valence-electron chi connectivity index (χ3n) is 3.77. The molecule has 106 valence electrons. The smallest absolute Gasteiger partial charge is 0.137 e. The highest BCUT2D eigenvalue weighted by Crippen LogP contribution is 2.25. The van der Waals surface area contributed by atoms with Crippen molar-refractivity contribution in [2.24, 2.45) is 11.7 Å². The van der Waals surface area contributed by atoms with Crippen molar-refractivity contribution < 1.29 is 9.84 Å². The van der Waals surface area contributed by atoms with Gasteiger partial charge in [-0.25, -0.2) is 0 Å². The number of rotatable bonds is 6.